The molecule has 0 unspecified atom stereocenters. The van der Waals surface area contributed by atoms with Crippen LogP contribution in [0.3, 0.4) is 0 Å². The number of carbonyl (C=O) groups excluding carboxylic acids is 4. The highest BCUT2D eigenvalue weighted by molar-refractivity contribution is 5.91. The quantitative estimate of drug-likeness (QED) is 0.262. The van der Waals surface area contributed by atoms with Gasteiger partial charge < -0.3 is 18.9 Å². The monoisotopic (exact) mass is 486 g/mol. The molecule has 3 aromatic carbocycles. The molecule has 0 saturated carbocycles. The number of carbonyl (C=O) groups is 4. The van der Waals surface area contributed by atoms with Crippen LogP contribution >= 0.6 is 0 Å². The van der Waals surface area contributed by atoms with Gasteiger partial charge in [0.1, 0.15) is 0 Å². The highest BCUT2D eigenvalue weighted by atomic mass is 16.7. The van der Waals surface area contributed by atoms with E-state index < -0.39 is 37.5 Å². The molecule has 0 radical (unpaired) electrons. The summed E-state index contributed by atoms with van der Waals surface area (Å²) in [5.41, 5.74) is 7.03. The van der Waals surface area contributed by atoms with Gasteiger partial charge >= 0.3 is 23.9 Å². The van der Waals surface area contributed by atoms with E-state index in [0.29, 0.717) is 11.1 Å². The fraction of sp³-hybridized carbons (Fsp3) is 0.214. The van der Waals surface area contributed by atoms with Gasteiger partial charge in [-0.1, -0.05) is 36.4 Å². The van der Waals surface area contributed by atoms with E-state index in [-0.39, 0.29) is 11.8 Å². The lowest BCUT2D eigenvalue weighted by Gasteiger charge is -2.42. The van der Waals surface area contributed by atoms with Crippen molar-refractivity contribution in [2.24, 2.45) is 0 Å². The van der Waals surface area contributed by atoms with Gasteiger partial charge in [-0.15, -0.1) is 0 Å². The number of ether oxygens (including phenoxy) is 4. The highest BCUT2D eigenvalue weighted by Crippen LogP contribution is 2.55. The van der Waals surface area contributed by atoms with E-state index in [9.17, 15) is 19.2 Å². The molecule has 8 nitrogen and oxygen atoms in total. The molecule has 182 valence electrons. The predicted octanol–water partition coefficient (Wildman–Crippen LogP) is 4.03. The molecule has 3 aliphatic rings. The second kappa shape index (κ2) is 9.30. The van der Waals surface area contributed by atoms with Crippen LogP contribution in [0.5, 0.6) is 0 Å². The Morgan fingerprint density at radius 1 is 0.556 bits per heavy atom. The highest BCUT2D eigenvalue weighted by Gasteiger charge is 2.41. The molecule has 0 fully saturated rings. The third-order valence-corrected chi connectivity index (χ3v) is 6.41. The Kier molecular flexibility index (Phi) is 6.01. The molecule has 0 heterocycles. The van der Waals surface area contributed by atoms with E-state index in [4.69, 9.17) is 18.9 Å². The van der Waals surface area contributed by atoms with Crippen molar-refractivity contribution in [3.63, 3.8) is 0 Å². The van der Waals surface area contributed by atoms with Gasteiger partial charge in [0.05, 0.1) is 11.1 Å². The average Bonchev–Trinajstić information content (AvgIpc) is 2.87. The van der Waals surface area contributed by atoms with Crippen molar-refractivity contribution in [2.75, 3.05) is 13.6 Å². The first-order valence-electron chi connectivity index (χ1n) is 11.3. The summed E-state index contributed by atoms with van der Waals surface area (Å²) in [5, 5.41) is 0. The second-order valence-corrected chi connectivity index (χ2v) is 8.55. The molecule has 6 rings (SSSR count). The smallest absolute Gasteiger partial charge is 0.341 e. The SMILES string of the molecule is CC(=O)OCOC(=O)c1ccc2c(c1)[C@H]1c3ccccc3[C@@H]2c2cc(C(=O)OCOC(C)=O)ccc21. The molecule has 0 aliphatic heterocycles. The maximum atomic E-state index is 12.6. The summed E-state index contributed by atoms with van der Waals surface area (Å²) in [5.74, 6) is -2.51. The van der Waals surface area contributed by atoms with Crippen LogP contribution in [0.4, 0.5) is 0 Å². The van der Waals surface area contributed by atoms with Crippen molar-refractivity contribution in [1.29, 1.82) is 0 Å². The van der Waals surface area contributed by atoms with Crippen LogP contribution in [0.2, 0.25) is 0 Å². The van der Waals surface area contributed by atoms with Crippen LogP contribution in [-0.2, 0) is 28.5 Å². The number of hydrogen-bond donors (Lipinski definition) is 0. The lowest BCUT2D eigenvalue weighted by molar-refractivity contribution is -0.150. The van der Waals surface area contributed by atoms with Crippen molar-refractivity contribution in [1.82, 2.24) is 0 Å². The first kappa shape index (κ1) is 23.3. The van der Waals surface area contributed by atoms with Crippen molar-refractivity contribution in [2.45, 2.75) is 25.7 Å². The number of rotatable bonds is 6. The summed E-state index contributed by atoms with van der Waals surface area (Å²) in [7, 11) is 0. The van der Waals surface area contributed by atoms with E-state index in [1.807, 2.05) is 36.4 Å². The van der Waals surface area contributed by atoms with Crippen molar-refractivity contribution < 1.29 is 38.1 Å². The zero-order valence-corrected chi connectivity index (χ0v) is 19.6. The number of esters is 4. The van der Waals surface area contributed by atoms with Crippen LogP contribution in [0.15, 0.2) is 60.7 Å². The minimum Gasteiger partial charge on any atom is -0.428 e. The molecule has 3 aliphatic carbocycles. The largest absolute Gasteiger partial charge is 0.428 e. The molecule has 2 bridgehead atoms. The van der Waals surface area contributed by atoms with E-state index in [1.165, 1.54) is 13.8 Å². The summed E-state index contributed by atoms with van der Waals surface area (Å²) >= 11 is 0. The van der Waals surface area contributed by atoms with Gasteiger partial charge in [-0.25, -0.2) is 9.59 Å². The fourth-order valence-electron chi connectivity index (χ4n) is 4.97. The first-order chi connectivity index (χ1) is 17.3. The van der Waals surface area contributed by atoms with Gasteiger partial charge in [0.15, 0.2) is 0 Å². The molecular weight excluding hydrogens is 464 g/mol. The number of benzene rings is 3. The van der Waals surface area contributed by atoms with Crippen LogP contribution in [0.1, 0.15) is 79.8 Å². The van der Waals surface area contributed by atoms with E-state index in [1.54, 1.807) is 12.1 Å². The van der Waals surface area contributed by atoms with E-state index in [2.05, 4.69) is 12.1 Å². The zero-order valence-electron chi connectivity index (χ0n) is 19.6. The normalized spacial score (nSPS) is 16.2. The van der Waals surface area contributed by atoms with Gasteiger partial charge in [0.25, 0.3) is 0 Å². The van der Waals surface area contributed by atoms with Crippen molar-refractivity contribution in [3.05, 3.63) is 105 Å². The molecule has 8 heteroatoms. The minimum atomic E-state index is -0.583. The maximum Gasteiger partial charge on any atom is 0.341 e. The van der Waals surface area contributed by atoms with Gasteiger partial charge in [0.2, 0.25) is 13.6 Å². The molecule has 0 amide bonds. The lowest BCUT2D eigenvalue weighted by Crippen LogP contribution is -2.28. The van der Waals surface area contributed by atoms with E-state index in [0.717, 1.165) is 33.4 Å². The van der Waals surface area contributed by atoms with Crippen LogP contribution in [0.25, 0.3) is 0 Å². The minimum absolute atomic E-state index is 0.136. The van der Waals surface area contributed by atoms with Gasteiger partial charge in [-0.05, 0) is 57.6 Å². The van der Waals surface area contributed by atoms with Crippen molar-refractivity contribution in [3.8, 4) is 0 Å². The van der Waals surface area contributed by atoms with Crippen LogP contribution in [-0.4, -0.2) is 37.5 Å². The molecule has 0 N–H and O–H groups in total. The summed E-state index contributed by atoms with van der Waals surface area (Å²) < 4.78 is 19.6. The third-order valence-electron chi connectivity index (χ3n) is 6.41. The molecular formula is C28H22O8. The first-order valence-corrected chi connectivity index (χ1v) is 11.3. The van der Waals surface area contributed by atoms with Gasteiger partial charge in [-0.2, -0.15) is 0 Å². The Hall–Kier alpha value is -4.46. The molecule has 0 aromatic heterocycles. The Morgan fingerprint density at radius 3 is 1.33 bits per heavy atom. The van der Waals surface area contributed by atoms with Crippen molar-refractivity contribution >= 4 is 23.9 Å². The topological polar surface area (TPSA) is 105 Å². The summed E-state index contributed by atoms with van der Waals surface area (Å²) in [6.45, 7) is 1.59. The predicted molar refractivity (Wildman–Crippen MR) is 125 cm³/mol. The summed E-state index contributed by atoms with van der Waals surface area (Å²) in [6, 6.07) is 18.9. The standard InChI is InChI=1S/C28H22O8/c1-15(29)33-13-35-27(31)17-7-9-21-23(11-17)25-19-5-3-4-6-20(19)26(21)24-12-18(8-10-22(24)25)28(32)36-14-34-16(2)30/h3-12,25-26H,13-14H2,1-2H3/t25-,26-/m0/s1. The number of hydrogen-bond acceptors (Lipinski definition) is 8. The molecule has 2 atom stereocenters. The average molecular weight is 486 g/mol. The van der Waals surface area contributed by atoms with Crippen LogP contribution in [0, 0.1) is 0 Å². The summed E-state index contributed by atoms with van der Waals surface area (Å²) in [4.78, 5) is 47.0. The van der Waals surface area contributed by atoms with Crippen LogP contribution < -0.4 is 0 Å². The maximum absolute atomic E-state index is 12.6. The Balaban J connectivity index is 1.50. The molecule has 0 spiro atoms. The molecule has 3 aromatic rings. The van der Waals surface area contributed by atoms with E-state index >= 15 is 0 Å². The molecule has 0 saturated heterocycles. The third kappa shape index (κ3) is 4.11. The fourth-order valence-corrected chi connectivity index (χ4v) is 4.97. The molecule has 36 heavy (non-hydrogen) atoms. The van der Waals surface area contributed by atoms with Gasteiger partial charge in [0, 0.05) is 25.7 Å². The Morgan fingerprint density at radius 2 is 0.944 bits per heavy atom. The second-order valence-electron chi connectivity index (χ2n) is 8.55. The Labute approximate surface area is 206 Å². The van der Waals surface area contributed by atoms with Gasteiger partial charge in [-0.3, -0.25) is 9.59 Å². The lowest BCUT2D eigenvalue weighted by atomic mass is 9.61. The zero-order chi connectivity index (χ0) is 25.4. The Bertz CT molecular complexity index is 1300. The summed E-state index contributed by atoms with van der Waals surface area (Å²) in [6.07, 6.45) is 0.